The van der Waals surface area contributed by atoms with Gasteiger partial charge in [0.05, 0.1) is 0 Å². The number of hydrogen-bond donors (Lipinski definition) is 0. The summed E-state index contributed by atoms with van der Waals surface area (Å²) in [4.78, 5) is 3.44. The molecular formula is C21H32FN. The third-order valence-electron chi connectivity index (χ3n) is 4.59. The Balaban J connectivity index is 0.00000264. The van der Waals surface area contributed by atoms with E-state index in [1.807, 2.05) is 0 Å². The van der Waals surface area contributed by atoms with Crippen LogP contribution in [-0.2, 0) is 6.42 Å². The number of aromatic amines is 1. The van der Waals surface area contributed by atoms with Gasteiger partial charge >= 0.3 is 0 Å². The zero-order valence-corrected chi connectivity index (χ0v) is 14.6. The quantitative estimate of drug-likeness (QED) is 0.565. The van der Waals surface area contributed by atoms with Gasteiger partial charge in [-0.3, -0.25) is 0 Å². The minimum Gasteiger partial charge on any atom is -1.00 e. The average molecular weight is 317 g/mol. The SMILES string of the molecule is CCCCCCCCCCCCc1[nH+]ccc2ccccc12.[F-]. The first-order valence-electron chi connectivity index (χ1n) is 9.30. The highest BCUT2D eigenvalue weighted by molar-refractivity contribution is 5.83. The van der Waals surface area contributed by atoms with Crippen LogP contribution in [0.15, 0.2) is 36.5 Å². The smallest absolute Gasteiger partial charge is 0.187 e. The molecule has 0 spiro atoms. The third-order valence-corrected chi connectivity index (χ3v) is 4.59. The Morgan fingerprint density at radius 2 is 1.35 bits per heavy atom. The predicted octanol–water partition coefficient (Wildman–Crippen LogP) is 3.12. The van der Waals surface area contributed by atoms with Crippen LogP contribution in [0.2, 0.25) is 0 Å². The first-order valence-corrected chi connectivity index (χ1v) is 9.30. The molecular weight excluding hydrogens is 285 g/mol. The normalized spacial score (nSPS) is 10.7. The van der Waals surface area contributed by atoms with Crippen molar-refractivity contribution >= 4 is 10.8 Å². The molecule has 2 aromatic rings. The highest BCUT2D eigenvalue weighted by Gasteiger charge is 2.06. The maximum Gasteiger partial charge on any atom is 0.187 e. The van der Waals surface area contributed by atoms with Crippen LogP contribution in [0.25, 0.3) is 10.8 Å². The number of pyridine rings is 1. The highest BCUT2D eigenvalue weighted by Crippen LogP contribution is 2.17. The topological polar surface area (TPSA) is 14.1 Å². The molecule has 1 aromatic heterocycles. The molecule has 0 atom stereocenters. The molecule has 0 aliphatic carbocycles. The number of hydrogen-bond acceptors (Lipinski definition) is 0. The Morgan fingerprint density at radius 1 is 0.739 bits per heavy atom. The fourth-order valence-electron chi connectivity index (χ4n) is 3.22. The zero-order valence-electron chi connectivity index (χ0n) is 14.6. The van der Waals surface area contributed by atoms with Gasteiger partial charge in [0, 0.05) is 17.9 Å². The second-order valence-corrected chi connectivity index (χ2v) is 6.48. The summed E-state index contributed by atoms with van der Waals surface area (Å²) in [6.07, 6.45) is 17.3. The maximum absolute atomic E-state index is 3.44. The largest absolute Gasteiger partial charge is 1.00 e. The number of halogens is 1. The van der Waals surface area contributed by atoms with Crippen LogP contribution in [0.5, 0.6) is 0 Å². The van der Waals surface area contributed by atoms with Crippen LogP contribution in [0, 0.1) is 0 Å². The van der Waals surface area contributed by atoms with Gasteiger partial charge in [-0.1, -0.05) is 82.9 Å². The number of aromatic nitrogens is 1. The Kier molecular flexibility index (Phi) is 10.3. The summed E-state index contributed by atoms with van der Waals surface area (Å²) in [5, 5.41) is 2.74. The maximum atomic E-state index is 3.44. The van der Waals surface area contributed by atoms with Crippen LogP contribution in [0.1, 0.15) is 76.8 Å². The summed E-state index contributed by atoms with van der Waals surface area (Å²) in [5.74, 6) is 0. The second-order valence-electron chi connectivity index (χ2n) is 6.48. The minimum atomic E-state index is 0. The molecule has 0 radical (unpaired) electrons. The molecule has 2 rings (SSSR count). The lowest BCUT2D eigenvalue weighted by atomic mass is 10.0. The average Bonchev–Trinajstić information content (AvgIpc) is 2.56. The van der Waals surface area contributed by atoms with Gasteiger partial charge in [-0.25, -0.2) is 4.98 Å². The van der Waals surface area contributed by atoms with E-state index < -0.39 is 0 Å². The summed E-state index contributed by atoms with van der Waals surface area (Å²) in [7, 11) is 0. The number of unbranched alkanes of at least 4 members (excludes halogenated alkanes) is 9. The van der Waals surface area contributed by atoms with Gasteiger partial charge < -0.3 is 4.70 Å². The molecule has 0 saturated carbocycles. The molecule has 1 heterocycles. The molecule has 0 amide bonds. The Morgan fingerprint density at radius 3 is 2.04 bits per heavy atom. The van der Waals surface area contributed by atoms with Crippen molar-refractivity contribution < 1.29 is 9.69 Å². The summed E-state index contributed by atoms with van der Waals surface area (Å²) in [6, 6.07) is 10.9. The molecule has 1 N–H and O–H groups in total. The molecule has 0 aliphatic heterocycles. The summed E-state index contributed by atoms with van der Waals surface area (Å²) in [6.45, 7) is 2.29. The molecule has 23 heavy (non-hydrogen) atoms. The number of nitrogens with one attached hydrogen (secondary N) is 1. The van der Waals surface area contributed by atoms with E-state index in [2.05, 4.69) is 48.4 Å². The predicted molar refractivity (Wildman–Crippen MR) is 96.1 cm³/mol. The first kappa shape index (κ1) is 19.6. The van der Waals surface area contributed by atoms with Gasteiger partial charge in [0.1, 0.15) is 0 Å². The van der Waals surface area contributed by atoms with Crippen molar-refractivity contribution in [1.29, 1.82) is 0 Å². The van der Waals surface area contributed by atoms with E-state index in [4.69, 9.17) is 0 Å². The van der Waals surface area contributed by atoms with Crippen molar-refractivity contribution in [1.82, 2.24) is 0 Å². The van der Waals surface area contributed by atoms with Gasteiger partial charge in [-0.2, -0.15) is 0 Å². The van der Waals surface area contributed by atoms with Crippen LogP contribution < -0.4 is 9.69 Å². The van der Waals surface area contributed by atoms with Crippen LogP contribution in [-0.4, -0.2) is 0 Å². The second kappa shape index (κ2) is 12.0. The third kappa shape index (κ3) is 7.11. The van der Waals surface area contributed by atoms with Crippen LogP contribution in [0.4, 0.5) is 0 Å². The summed E-state index contributed by atoms with van der Waals surface area (Å²) >= 11 is 0. The lowest BCUT2D eigenvalue weighted by Crippen LogP contribution is -3.00. The summed E-state index contributed by atoms with van der Waals surface area (Å²) in [5.41, 5.74) is 1.40. The van der Waals surface area contributed by atoms with Gasteiger partial charge in [0.2, 0.25) is 0 Å². The number of fused-ring (bicyclic) bond motifs is 1. The van der Waals surface area contributed by atoms with Crippen LogP contribution in [0.3, 0.4) is 0 Å². The molecule has 0 unspecified atom stereocenters. The van der Waals surface area contributed by atoms with E-state index in [1.54, 1.807) is 0 Å². The van der Waals surface area contributed by atoms with Crippen LogP contribution >= 0.6 is 0 Å². The Bertz CT molecular complexity index is 533. The molecule has 0 aliphatic rings. The van der Waals surface area contributed by atoms with E-state index in [9.17, 15) is 0 Å². The van der Waals surface area contributed by atoms with Crippen molar-refractivity contribution in [3.8, 4) is 0 Å². The fourth-order valence-corrected chi connectivity index (χ4v) is 3.22. The first-order chi connectivity index (χ1) is 10.9. The van der Waals surface area contributed by atoms with E-state index >= 15 is 0 Å². The van der Waals surface area contributed by atoms with E-state index in [0.29, 0.717) is 0 Å². The van der Waals surface area contributed by atoms with Gasteiger partial charge in [0.25, 0.3) is 0 Å². The number of aryl methyl sites for hydroxylation is 1. The van der Waals surface area contributed by atoms with Crippen molar-refractivity contribution in [2.45, 2.75) is 77.6 Å². The van der Waals surface area contributed by atoms with E-state index in [0.717, 1.165) is 0 Å². The van der Waals surface area contributed by atoms with E-state index in [1.165, 1.54) is 87.1 Å². The fraction of sp³-hybridized carbons (Fsp3) is 0.571. The van der Waals surface area contributed by atoms with Crippen molar-refractivity contribution in [2.24, 2.45) is 0 Å². The molecule has 1 aromatic carbocycles. The van der Waals surface area contributed by atoms with Crippen molar-refractivity contribution in [2.75, 3.05) is 0 Å². The Labute approximate surface area is 140 Å². The Hall–Kier alpha value is -1.44. The number of H-pyrrole nitrogens is 1. The van der Waals surface area contributed by atoms with Gasteiger partial charge in [-0.15, -0.1) is 0 Å². The number of benzene rings is 1. The van der Waals surface area contributed by atoms with Crippen molar-refractivity contribution in [3.05, 3.63) is 42.2 Å². The van der Waals surface area contributed by atoms with Crippen molar-refractivity contribution in [3.63, 3.8) is 0 Å². The monoisotopic (exact) mass is 317 g/mol. The zero-order chi connectivity index (χ0) is 15.5. The molecule has 128 valence electrons. The standard InChI is InChI=1S/C21H31N.FH/c1-2-3-4-5-6-7-8-9-10-11-16-21-20-15-13-12-14-19(20)17-18-22-21;/h12-15,17-18H,2-11,16H2,1H3;1H. The molecule has 0 fully saturated rings. The number of rotatable bonds is 11. The van der Waals surface area contributed by atoms with Gasteiger partial charge in [0.15, 0.2) is 11.9 Å². The highest BCUT2D eigenvalue weighted by atomic mass is 19.0. The lowest BCUT2D eigenvalue weighted by Gasteiger charge is -2.02. The molecule has 1 nitrogen and oxygen atoms in total. The molecule has 0 saturated heterocycles. The van der Waals surface area contributed by atoms with Gasteiger partial charge in [-0.05, 0) is 17.9 Å². The van der Waals surface area contributed by atoms with E-state index in [-0.39, 0.29) is 4.70 Å². The molecule has 0 bridgehead atoms. The summed E-state index contributed by atoms with van der Waals surface area (Å²) < 4.78 is 0. The molecule has 2 heteroatoms. The lowest BCUT2D eigenvalue weighted by molar-refractivity contribution is -0.388. The minimum absolute atomic E-state index is 0.